The summed E-state index contributed by atoms with van der Waals surface area (Å²) in [7, 11) is 0. The van der Waals surface area contributed by atoms with E-state index < -0.39 is 0 Å². The van der Waals surface area contributed by atoms with Gasteiger partial charge in [0, 0.05) is 0 Å². The zero-order chi connectivity index (χ0) is 9.59. The fourth-order valence-corrected chi connectivity index (χ4v) is 2.65. The van der Waals surface area contributed by atoms with Crippen LogP contribution in [0, 0.1) is 23.7 Å². The Balaban J connectivity index is 2.33. The van der Waals surface area contributed by atoms with Gasteiger partial charge in [0.25, 0.3) is 0 Å². The molecule has 0 radical (unpaired) electrons. The summed E-state index contributed by atoms with van der Waals surface area (Å²) in [4.78, 5) is 22.8. The molecule has 1 aliphatic carbocycles. The second kappa shape index (κ2) is 2.69. The average molecular weight is 179 g/mol. The number of hydrogen-bond acceptors (Lipinski definition) is 2. The molecule has 1 heterocycles. The molecule has 0 aromatic heterocycles. The third-order valence-corrected chi connectivity index (χ3v) is 3.26. The van der Waals surface area contributed by atoms with Crippen molar-refractivity contribution in [3.63, 3.8) is 0 Å². The molecule has 0 aromatic rings. The lowest BCUT2D eigenvalue weighted by atomic mass is 9.90. The Labute approximate surface area is 77.2 Å². The number of fused-ring (bicyclic) bond motifs is 1. The quantitative estimate of drug-likeness (QED) is 0.476. The Bertz CT molecular complexity index is 285. The van der Waals surface area contributed by atoms with Gasteiger partial charge in [-0.15, -0.1) is 6.58 Å². The van der Waals surface area contributed by atoms with Crippen LogP contribution < -0.4 is 5.32 Å². The summed E-state index contributed by atoms with van der Waals surface area (Å²) in [5.41, 5.74) is 0. The maximum absolute atomic E-state index is 11.4. The van der Waals surface area contributed by atoms with Crippen LogP contribution in [0.5, 0.6) is 0 Å². The van der Waals surface area contributed by atoms with Crippen LogP contribution in [0.4, 0.5) is 0 Å². The number of carbonyl (C=O) groups is 2. The molecule has 1 aliphatic heterocycles. The molecule has 0 spiro atoms. The van der Waals surface area contributed by atoms with Crippen LogP contribution in [-0.2, 0) is 9.59 Å². The number of carbonyl (C=O) groups excluding carboxylic acids is 2. The Kier molecular flexibility index (Phi) is 1.75. The third-order valence-electron chi connectivity index (χ3n) is 3.26. The molecule has 2 fully saturated rings. The predicted molar refractivity (Wildman–Crippen MR) is 47.6 cm³/mol. The molecule has 70 valence electrons. The number of amides is 2. The van der Waals surface area contributed by atoms with Crippen molar-refractivity contribution in [3.8, 4) is 0 Å². The minimum atomic E-state index is -0.139. The van der Waals surface area contributed by atoms with Crippen LogP contribution in [0.2, 0.25) is 0 Å². The first kappa shape index (κ1) is 8.48. The summed E-state index contributed by atoms with van der Waals surface area (Å²) in [6.45, 7) is 5.73. The van der Waals surface area contributed by atoms with Gasteiger partial charge in [-0.25, -0.2) is 0 Å². The highest BCUT2D eigenvalue weighted by Gasteiger charge is 2.52. The first-order valence-electron chi connectivity index (χ1n) is 4.62. The minimum Gasteiger partial charge on any atom is -0.296 e. The number of allylic oxidation sites excluding steroid dienone is 1. The standard InChI is InChI=1S/C10H13NO2/c1-3-6-4-5(2)7-8(6)10(13)11-9(7)12/h3,5-8H,1,4H2,2H3,(H,11,12,13). The highest BCUT2D eigenvalue weighted by molar-refractivity contribution is 6.05. The van der Waals surface area contributed by atoms with Gasteiger partial charge in [0.1, 0.15) is 0 Å². The smallest absolute Gasteiger partial charge is 0.231 e. The SMILES string of the molecule is C=CC1CC(C)C2C(=O)NC(=O)C12. The highest BCUT2D eigenvalue weighted by Crippen LogP contribution is 2.44. The molecule has 1 N–H and O–H groups in total. The van der Waals surface area contributed by atoms with E-state index in [1.807, 2.05) is 6.92 Å². The van der Waals surface area contributed by atoms with Crippen LogP contribution in [0.3, 0.4) is 0 Å². The van der Waals surface area contributed by atoms with Crippen molar-refractivity contribution in [2.75, 3.05) is 0 Å². The van der Waals surface area contributed by atoms with Gasteiger partial charge in [-0.05, 0) is 18.3 Å². The number of hydrogen-bond donors (Lipinski definition) is 1. The van der Waals surface area contributed by atoms with Gasteiger partial charge in [0.05, 0.1) is 11.8 Å². The summed E-state index contributed by atoms with van der Waals surface area (Å²) >= 11 is 0. The van der Waals surface area contributed by atoms with Crippen LogP contribution in [-0.4, -0.2) is 11.8 Å². The van der Waals surface area contributed by atoms with E-state index in [1.54, 1.807) is 6.08 Å². The van der Waals surface area contributed by atoms with E-state index in [-0.39, 0.29) is 29.6 Å². The third kappa shape index (κ3) is 1.03. The van der Waals surface area contributed by atoms with E-state index in [4.69, 9.17) is 0 Å². The second-order valence-corrected chi connectivity index (χ2v) is 4.02. The highest BCUT2D eigenvalue weighted by atomic mass is 16.2. The van der Waals surface area contributed by atoms with Crippen LogP contribution in [0.25, 0.3) is 0 Å². The fourth-order valence-electron chi connectivity index (χ4n) is 2.65. The summed E-state index contributed by atoms with van der Waals surface area (Å²) in [6, 6.07) is 0. The molecule has 13 heavy (non-hydrogen) atoms. The molecule has 4 unspecified atom stereocenters. The lowest BCUT2D eigenvalue weighted by Crippen LogP contribution is -2.25. The van der Waals surface area contributed by atoms with Crippen molar-refractivity contribution in [2.45, 2.75) is 13.3 Å². The van der Waals surface area contributed by atoms with E-state index in [0.717, 1.165) is 6.42 Å². The first-order valence-corrected chi connectivity index (χ1v) is 4.62. The molecule has 4 atom stereocenters. The average Bonchev–Trinajstić information content (AvgIpc) is 2.54. The normalized spacial score (nSPS) is 43.2. The lowest BCUT2D eigenvalue weighted by molar-refractivity contribution is -0.126. The molecule has 1 saturated carbocycles. The van der Waals surface area contributed by atoms with Gasteiger partial charge in [0.2, 0.25) is 11.8 Å². The fraction of sp³-hybridized carbons (Fsp3) is 0.600. The predicted octanol–water partition coefficient (Wildman–Crippen LogP) is 0.717. The van der Waals surface area contributed by atoms with E-state index in [9.17, 15) is 9.59 Å². The molecule has 0 bridgehead atoms. The molecule has 1 saturated heterocycles. The van der Waals surface area contributed by atoms with Crippen molar-refractivity contribution in [1.29, 1.82) is 0 Å². The molecule has 3 nitrogen and oxygen atoms in total. The van der Waals surface area contributed by atoms with Crippen molar-refractivity contribution in [2.24, 2.45) is 23.7 Å². The topological polar surface area (TPSA) is 46.2 Å². The Morgan fingerprint density at radius 2 is 2.00 bits per heavy atom. The van der Waals surface area contributed by atoms with Crippen LogP contribution in [0.1, 0.15) is 13.3 Å². The van der Waals surface area contributed by atoms with Crippen molar-refractivity contribution < 1.29 is 9.59 Å². The number of nitrogens with one attached hydrogen (secondary N) is 1. The molecule has 2 rings (SSSR count). The van der Waals surface area contributed by atoms with Gasteiger partial charge in [-0.1, -0.05) is 13.0 Å². The van der Waals surface area contributed by atoms with Gasteiger partial charge in [0.15, 0.2) is 0 Å². The molecule has 0 aromatic carbocycles. The van der Waals surface area contributed by atoms with Gasteiger partial charge >= 0.3 is 0 Å². The van der Waals surface area contributed by atoms with Gasteiger partial charge < -0.3 is 0 Å². The Hall–Kier alpha value is -1.12. The van der Waals surface area contributed by atoms with Crippen molar-refractivity contribution in [1.82, 2.24) is 5.32 Å². The molecular formula is C10H13NO2. The number of imide groups is 1. The van der Waals surface area contributed by atoms with Gasteiger partial charge in [-0.3, -0.25) is 14.9 Å². The lowest BCUT2D eigenvalue weighted by Gasteiger charge is -2.09. The molecular weight excluding hydrogens is 166 g/mol. The van der Waals surface area contributed by atoms with Crippen LogP contribution >= 0.6 is 0 Å². The van der Waals surface area contributed by atoms with Crippen molar-refractivity contribution in [3.05, 3.63) is 12.7 Å². The summed E-state index contributed by atoms with van der Waals surface area (Å²) < 4.78 is 0. The maximum Gasteiger partial charge on any atom is 0.231 e. The zero-order valence-corrected chi connectivity index (χ0v) is 7.62. The van der Waals surface area contributed by atoms with Crippen molar-refractivity contribution >= 4 is 11.8 Å². The molecule has 2 aliphatic rings. The van der Waals surface area contributed by atoms with E-state index >= 15 is 0 Å². The summed E-state index contributed by atoms with van der Waals surface area (Å²) in [5.74, 6) is 0.0532. The second-order valence-electron chi connectivity index (χ2n) is 4.02. The molecule has 2 amide bonds. The number of rotatable bonds is 1. The monoisotopic (exact) mass is 179 g/mol. The Morgan fingerprint density at radius 1 is 1.38 bits per heavy atom. The Morgan fingerprint density at radius 3 is 2.62 bits per heavy atom. The summed E-state index contributed by atoms with van der Waals surface area (Å²) in [6.07, 6.45) is 2.72. The van der Waals surface area contributed by atoms with E-state index in [2.05, 4.69) is 11.9 Å². The minimum absolute atomic E-state index is 0.0909. The summed E-state index contributed by atoms with van der Waals surface area (Å²) in [5, 5.41) is 2.39. The maximum atomic E-state index is 11.4. The zero-order valence-electron chi connectivity index (χ0n) is 7.62. The molecule has 3 heteroatoms. The van der Waals surface area contributed by atoms with Crippen LogP contribution in [0.15, 0.2) is 12.7 Å². The first-order chi connectivity index (χ1) is 6.15. The van der Waals surface area contributed by atoms with E-state index in [1.165, 1.54) is 0 Å². The van der Waals surface area contributed by atoms with Gasteiger partial charge in [-0.2, -0.15) is 0 Å². The van der Waals surface area contributed by atoms with E-state index in [0.29, 0.717) is 5.92 Å². The largest absolute Gasteiger partial charge is 0.296 e.